The number of piperidine rings is 1. The van der Waals surface area contributed by atoms with Crippen molar-refractivity contribution in [2.24, 2.45) is 0 Å². The summed E-state index contributed by atoms with van der Waals surface area (Å²) in [5.41, 5.74) is 4.26. The van der Waals surface area contributed by atoms with E-state index in [2.05, 4.69) is 136 Å². The van der Waals surface area contributed by atoms with Gasteiger partial charge in [-0.25, -0.2) is 0 Å². The molecular formula is C32H38N2OSi. The number of likely N-dealkylation sites (tertiary alicyclic amines) is 1. The number of hydrogen-bond donors (Lipinski definition) is 0. The molecule has 1 aliphatic heterocycles. The van der Waals surface area contributed by atoms with E-state index in [0.29, 0.717) is 6.54 Å². The number of hydrogen-bond acceptors (Lipinski definition) is 3. The Morgan fingerprint density at radius 3 is 1.67 bits per heavy atom. The molecule has 186 valence electrons. The summed E-state index contributed by atoms with van der Waals surface area (Å²) in [5.74, 6) is 0. The third kappa shape index (κ3) is 4.97. The van der Waals surface area contributed by atoms with Crippen LogP contribution in [0.5, 0.6) is 0 Å². The molecule has 1 fully saturated rings. The fourth-order valence-electron chi connectivity index (χ4n) is 5.12. The Morgan fingerprint density at radius 1 is 0.833 bits per heavy atom. The molecule has 0 bridgehead atoms. The first-order valence-corrected chi connectivity index (χ1v) is 15.8. The van der Waals surface area contributed by atoms with Crippen LogP contribution in [0.15, 0.2) is 103 Å². The summed E-state index contributed by atoms with van der Waals surface area (Å²) in [6.45, 7) is 12.9. The van der Waals surface area contributed by atoms with Crippen LogP contribution >= 0.6 is 0 Å². The maximum Gasteiger partial charge on any atom is 0.192 e. The lowest BCUT2D eigenvalue weighted by Gasteiger charge is -2.50. The average Bonchev–Trinajstić information content (AvgIpc) is 2.87. The van der Waals surface area contributed by atoms with Crippen molar-refractivity contribution < 1.29 is 4.43 Å². The van der Waals surface area contributed by atoms with E-state index in [-0.39, 0.29) is 11.1 Å². The highest BCUT2D eigenvalue weighted by molar-refractivity contribution is 6.74. The van der Waals surface area contributed by atoms with Crippen LogP contribution in [0.2, 0.25) is 18.1 Å². The summed E-state index contributed by atoms with van der Waals surface area (Å²) in [6.07, 6.45) is 2.56. The minimum Gasteiger partial charge on any atom is -0.410 e. The van der Waals surface area contributed by atoms with Crippen LogP contribution in [0.4, 0.5) is 0 Å². The SMILES string of the molecule is CC(C)(C)[Si](C)(C)OC1CCN(C(c2ccccc2)(c2ccccc2)c2ccccc2)C/C1=C/C#N. The monoisotopic (exact) mass is 494 g/mol. The molecule has 1 atom stereocenters. The summed E-state index contributed by atoms with van der Waals surface area (Å²) in [7, 11) is -1.99. The molecule has 0 spiro atoms. The summed E-state index contributed by atoms with van der Waals surface area (Å²) in [6, 6.07) is 34.6. The van der Waals surface area contributed by atoms with Gasteiger partial charge in [0.15, 0.2) is 8.32 Å². The molecule has 1 unspecified atom stereocenters. The van der Waals surface area contributed by atoms with Gasteiger partial charge in [0.1, 0.15) is 0 Å². The van der Waals surface area contributed by atoms with Crippen molar-refractivity contribution in [3.63, 3.8) is 0 Å². The molecule has 3 nitrogen and oxygen atoms in total. The van der Waals surface area contributed by atoms with Gasteiger partial charge in [0.25, 0.3) is 0 Å². The van der Waals surface area contributed by atoms with Gasteiger partial charge in [0.05, 0.1) is 17.7 Å². The molecule has 4 heteroatoms. The van der Waals surface area contributed by atoms with E-state index in [0.717, 1.165) is 18.5 Å². The van der Waals surface area contributed by atoms with Crippen molar-refractivity contribution in [3.8, 4) is 6.07 Å². The summed E-state index contributed by atoms with van der Waals surface area (Å²) >= 11 is 0. The van der Waals surface area contributed by atoms with Crippen LogP contribution in [0.1, 0.15) is 43.9 Å². The fourth-order valence-corrected chi connectivity index (χ4v) is 6.45. The zero-order valence-electron chi connectivity index (χ0n) is 22.2. The number of allylic oxidation sites excluding steroid dienone is 1. The third-order valence-corrected chi connectivity index (χ3v) is 12.5. The lowest BCUT2D eigenvalue weighted by atomic mass is 9.74. The van der Waals surface area contributed by atoms with E-state index < -0.39 is 13.9 Å². The smallest absolute Gasteiger partial charge is 0.192 e. The standard InChI is InChI=1S/C32H38N2OSi/c1-31(2,3)36(4,5)35-30-22-24-34(25-26(30)21-23-33)32(27-15-9-6-10-16-27,28-17-11-7-12-18-28)29-19-13-8-14-20-29/h6-21,30H,22,24-25H2,1-5H3/b26-21-. The van der Waals surface area contributed by atoms with Gasteiger partial charge >= 0.3 is 0 Å². The van der Waals surface area contributed by atoms with E-state index in [1.165, 1.54) is 16.7 Å². The highest BCUT2D eigenvalue weighted by Gasteiger charge is 2.46. The van der Waals surface area contributed by atoms with Crippen LogP contribution in [0, 0.1) is 11.3 Å². The summed E-state index contributed by atoms with van der Waals surface area (Å²) < 4.78 is 6.88. The molecule has 36 heavy (non-hydrogen) atoms. The zero-order chi connectivity index (χ0) is 25.8. The highest BCUT2D eigenvalue weighted by Crippen LogP contribution is 2.45. The molecular weight excluding hydrogens is 456 g/mol. The zero-order valence-corrected chi connectivity index (χ0v) is 23.2. The quantitative estimate of drug-likeness (QED) is 0.202. The molecule has 3 aromatic carbocycles. The van der Waals surface area contributed by atoms with Crippen molar-refractivity contribution in [2.75, 3.05) is 13.1 Å². The van der Waals surface area contributed by atoms with E-state index in [9.17, 15) is 5.26 Å². The molecule has 0 aliphatic carbocycles. The van der Waals surface area contributed by atoms with E-state index in [4.69, 9.17) is 4.43 Å². The van der Waals surface area contributed by atoms with Gasteiger partial charge in [0.2, 0.25) is 0 Å². The lowest BCUT2D eigenvalue weighted by molar-refractivity contribution is 0.0906. The Balaban J connectivity index is 1.84. The van der Waals surface area contributed by atoms with Crippen LogP contribution < -0.4 is 0 Å². The molecule has 1 saturated heterocycles. The topological polar surface area (TPSA) is 36.3 Å². The Hall–Kier alpha value is -2.97. The second-order valence-electron chi connectivity index (χ2n) is 11.2. The second kappa shape index (κ2) is 10.6. The number of benzene rings is 3. The fraction of sp³-hybridized carbons (Fsp3) is 0.344. The van der Waals surface area contributed by atoms with Gasteiger partial charge in [0, 0.05) is 19.2 Å². The van der Waals surface area contributed by atoms with Gasteiger partial charge in [-0.2, -0.15) is 5.26 Å². The average molecular weight is 495 g/mol. The molecule has 0 saturated carbocycles. The third-order valence-electron chi connectivity index (χ3n) is 7.99. The number of rotatable bonds is 6. The van der Waals surface area contributed by atoms with Crippen molar-refractivity contribution >= 4 is 8.32 Å². The Morgan fingerprint density at radius 2 is 1.28 bits per heavy atom. The lowest BCUT2D eigenvalue weighted by Crippen LogP contribution is -2.55. The van der Waals surface area contributed by atoms with Gasteiger partial charge in [-0.15, -0.1) is 0 Å². The molecule has 4 rings (SSSR count). The minimum atomic E-state index is -1.99. The van der Waals surface area contributed by atoms with Gasteiger partial charge in [-0.05, 0) is 46.8 Å². The minimum absolute atomic E-state index is 0.0261. The Bertz CT molecular complexity index is 1110. The first-order valence-electron chi connectivity index (χ1n) is 12.9. The predicted molar refractivity (Wildman–Crippen MR) is 151 cm³/mol. The van der Waals surface area contributed by atoms with Crippen LogP contribution in [-0.4, -0.2) is 32.4 Å². The maximum absolute atomic E-state index is 9.75. The number of nitrogens with zero attached hydrogens (tertiary/aromatic N) is 2. The van der Waals surface area contributed by atoms with Crippen molar-refractivity contribution in [1.82, 2.24) is 4.90 Å². The van der Waals surface area contributed by atoms with Crippen LogP contribution in [-0.2, 0) is 9.96 Å². The first-order chi connectivity index (χ1) is 17.2. The summed E-state index contributed by atoms with van der Waals surface area (Å²) in [4.78, 5) is 2.54. The molecule has 0 N–H and O–H groups in total. The van der Waals surface area contributed by atoms with Crippen LogP contribution in [0.3, 0.4) is 0 Å². The molecule has 0 aromatic heterocycles. The molecule has 0 radical (unpaired) electrons. The highest BCUT2D eigenvalue weighted by atomic mass is 28.4. The Labute approximate surface area is 218 Å². The van der Waals surface area contributed by atoms with E-state index in [1.807, 2.05) is 0 Å². The van der Waals surface area contributed by atoms with E-state index >= 15 is 0 Å². The number of nitriles is 1. The van der Waals surface area contributed by atoms with Crippen molar-refractivity contribution in [2.45, 2.75) is 57.0 Å². The second-order valence-corrected chi connectivity index (χ2v) is 16.0. The molecule has 1 heterocycles. The van der Waals surface area contributed by atoms with Crippen molar-refractivity contribution in [3.05, 3.63) is 119 Å². The first kappa shape index (κ1) is 26.1. The molecule has 3 aromatic rings. The van der Waals surface area contributed by atoms with Crippen molar-refractivity contribution in [1.29, 1.82) is 5.26 Å². The van der Waals surface area contributed by atoms with E-state index in [1.54, 1.807) is 6.08 Å². The normalized spacial score (nSPS) is 18.7. The van der Waals surface area contributed by atoms with Gasteiger partial charge in [-0.3, -0.25) is 4.90 Å². The Kier molecular flexibility index (Phi) is 7.66. The maximum atomic E-state index is 9.75. The predicted octanol–water partition coefficient (Wildman–Crippen LogP) is 7.52. The largest absolute Gasteiger partial charge is 0.410 e. The summed E-state index contributed by atoms with van der Waals surface area (Å²) in [5, 5.41) is 9.86. The van der Waals surface area contributed by atoms with Crippen LogP contribution in [0.25, 0.3) is 0 Å². The molecule has 0 amide bonds. The molecule has 1 aliphatic rings. The van der Waals surface area contributed by atoms with Gasteiger partial charge in [-0.1, -0.05) is 112 Å². The van der Waals surface area contributed by atoms with Gasteiger partial charge < -0.3 is 4.43 Å².